The molecule has 0 radical (unpaired) electrons. The lowest BCUT2D eigenvalue weighted by molar-refractivity contribution is 0.0747. The van der Waals surface area contributed by atoms with Gasteiger partial charge in [-0.05, 0) is 38.3 Å². The third kappa shape index (κ3) is 3.46. The van der Waals surface area contributed by atoms with E-state index in [1.54, 1.807) is 0 Å². The van der Waals surface area contributed by atoms with Crippen molar-refractivity contribution in [1.82, 2.24) is 9.88 Å². The maximum Gasteiger partial charge on any atom is 0.266 e. The summed E-state index contributed by atoms with van der Waals surface area (Å²) < 4.78 is 0. The number of likely N-dealkylation sites (tertiary alicyclic amines) is 1. The number of nitrogens with two attached hydrogens (primary N) is 1. The van der Waals surface area contributed by atoms with Crippen LogP contribution in [0.5, 0.6) is 0 Å². The molecule has 1 aliphatic heterocycles. The molecular weight excluding hydrogens is 306 g/mol. The first kappa shape index (κ1) is 16.1. The lowest BCUT2D eigenvalue weighted by Crippen LogP contribution is -2.34. The van der Waals surface area contributed by atoms with Crippen LogP contribution in [0.4, 0.5) is 0 Å². The predicted octanol–water partition coefficient (Wildman–Crippen LogP) is 2.85. The lowest BCUT2D eigenvalue weighted by Gasteiger charge is -2.20. The summed E-state index contributed by atoms with van der Waals surface area (Å²) >= 11 is 1.53. The highest BCUT2D eigenvalue weighted by atomic mass is 32.1. The molecule has 1 aromatic carbocycles. The van der Waals surface area contributed by atoms with Crippen LogP contribution in [0.15, 0.2) is 30.3 Å². The van der Waals surface area contributed by atoms with Crippen LogP contribution in [0.2, 0.25) is 0 Å². The minimum atomic E-state index is 0.114. The van der Waals surface area contributed by atoms with E-state index in [1.165, 1.54) is 16.9 Å². The summed E-state index contributed by atoms with van der Waals surface area (Å²) in [7, 11) is 0. The van der Waals surface area contributed by atoms with Crippen LogP contribution in [0.3, 0.4) is 0 Å². The molecule has 1 aliphatic rings. The average molecular weight is 329 g/mol. The first-order valence-electron chi connectivity index (χ1n) is 8.09. The monoisotopic (exact) mass is 329 g/mol. The Labute approximate surface area is 141 Å². The topological polar surface area (TPSA) is 59.2 Å². The Morgan fingerprint density at radius 3 is 2.78 bits per heavy atom. The van der Waals surface area contributed by atoms with Gasteiger partial charge in [-0.2, -0.15) is 0 Å². The summed E-state index contributed by atoms with van der Waals surface area (Å²) in [5, 5.41) is 0.999. The largest absolute Gasteiger partial charge is 0.335 e. The molecule has 23 heavy (non-hydrogen) atoms. The Balaban J connectivity index is 1.77. The maximum absolute atomic E-state index is 12.9. The van der Waals surface area contributed by atoms with E-state index in [1.807, 2.05) is 30.0 Å². The summed E-state index contributed by atoms with van der Waals surface area (Å²) in [6.45, 7) is 5.45. The van der Waals surface area contributed by atoms with Gasteiger partial charge in [-0.3, -0.25) is 4.79 Å². The average Bonchev–Trinajstić information content (AvgIpc) is 3.10. The molecule has 5 heteroatoms. The van der Waals surface area contributed by atoms with Gasteiger partial charge in [-0.15, -0.1) is 11.3 Å². The van der Waals surface area contributed by atoms with Crippen LogP contribution in [0.1, 0.15) is 39.3 Å². The molecule has 122 valence electrons. The van der Waals surface area contributed by atoms with Crippen molar-refractivity contribution in [2.75, 3.05) is 13.1 Å². The Kier molecular flexibility index (Phi) is 4.78. The highest BCUT2D eigenvalue weighted by Crippen LogP contribution is 2.28. The highest BCUT2D eigenvalue weighted by Gasteiger charge is 2.33. The fourth-order valence-electron chi connectivity index (χ4n) is 3.22. The smallest absolute Gasteiger partial charge is 0.266 e. The second-order valence-electron chi connectivity index (χ2n) is 6.33. The van der Waals surface area contributed by atoms with Crippen LogP contribution >= 0.6 is 11.3 Å². The van der Waals surface area contributed by atoms with Crippen LogP contribution in [0, 0.1) is 12.8 Å². The molecule has 0 spiro atoms. The fourth-order valence-corrected chi connectivity index (χ4v) is 4.28. The van der Waals surface area contributed by atoms with E-state index in [0.29, 0.717) is 12.5 Å². The van der Waals surface area contributed by atoms with E-state index in [-0.39, 0.29) is 11.9 Å². The number of thiazole rings is 1. The van der Waals surface area contributed by atoms with Crippen molar-refractivity contribution in [3.63, 3.8) is 0 Å². The number of aromatic nitrogens is 1. The van der Waals surface area contributed by atoms with Crippen LogP contribution in [-0.2, 0) is 6.42 Å². The zero-order valence-electron chi connectivity index (χ0n) is 13.7. The molecule has 1 saturated heterocycles. The minimum absolute atomic E-state index is 0.114. The minimum Gasteiger partial charge on any atom is -0.335 e. The van der Waals surface area contributed by atoms with E-state index in [2.05, 4.69) is 24.0 Å². The van der Waals surface area contributed by atoms with Gasteiger partial charge in [0.1, 0.15) is 4.88 Å². The number of carbonyl (C=O) groups is 1. The number of hydrogen-bond donors (Lipinski definition) is 1. The molecule has 1 fully saturated rings. The van der Waals surface area contributed by atoms with Gasteiger partial charge in [0.15, 0.2) is 0 Å². The van der Waals surface area contributed by atoms with Crippen molar-refractivity contribution < 1.29 is 4.79 Å². The molecule has 0 aliphatic carbocycles. The zero-order chi connectivity index (χ0) is 16.4. The number of carbonyl (C=O) groups excluding carboxylic acids is 1. The molecule has 0 bridgehead atoms. The molecule has 2 atom stereocenters. The molecule has 4 nitrogen and oxygen atoms in total. The van der Waals surface area contributed by atoms with Crippen molar-refractivity contribution in [2.24, 2.45) is 11.7 Å². The fraction of sp³-hybridized carbons (Fsp3) is 0.444. The summed E-state index contributed by atoms with van der Waals surface area (Å²) in [5.74, 6) is 0.536. The first-order chi connectivity index (χ1) is 11.1. The molecule has 0 saturated carbocycles. The Morgan fingerprint density at radius 1 is 1.39 bits per heavy atom. The maximum atomic E-state index is 12.9. The number of nitrogens with zero attached hydrogens (tertiary/aromatic N) is 2. The van der Waals surface area contributed by atoms with Gasteiger partial charge in [-0.25, -0.2) is 4.98 Å². The number of aryl methyl sites for hydroxylation is 1. The van der Waals surface area contributed by atoms with Gasteiger partial charge in [-0.1, -0.05) is 30.3 Å². The van der Waals surface area contributed by atoms with Crippen LogP contribution in [-0.4, -0.2) is 34.9 Å². The third-order valence-electron chi connectivity index (χ3n) is 4.49. The zero-order valence-corrected chi connectivity index (χ0v) is 14.5. The highest BCUT2D eigenvalue weighted by molar-refractivity contribution is 7.13. The van der Waals surface area contributed by atoms with Crippen LogP contribution < -0.4 is 5.73 Å². The second-order valence-corrected chi connectivity index (χ2v) is 7.41. The lowest BCUT2D eigenvalue weighted by atomic mass is 10.1. The number of amides is 1. The predicted molar refractivity (Wildman–Crippen MR) is 93.8 cm³/mol. The number of hydrogen-bond acceptors (Lipinski definition) is 4. The normalized spacial score (nSPS) is 20.9. The standard InChI is InChI=1S/C18H23N3OS/c1-12-8-15(10-19)11-21(12)18(22)17-13(2)20-16(23-17)9-14-6-4-3-5-7-14/h3-7,12,15H,8-11,19H2,1-2H3. The summed E-state index contributed by atoms with van der Waals surface area (Å²) in [6.07, 6.45) is 1.78. The Bertz CT molecular complexity index is 683. The Hall–Kier alpha value is -1.72. The van der Waals surface area contributed by atoms with Crippen molar-refractivity contribution in [1.29, 1.82) is 0 Å². The first-order valence-corrected chi connectivity index (χ1v) is 8.91. The molecule has 1 amide bonds. The molecular formula is C18H23N3OS. The van der Waals surface area contributed by atoms with Gasteiger partial charge in [0.2, 0.25) is 0 Å². The summed E-state index contributed by atoms with van der Waals surface area (Å²) in [5.41, 5.74) is 7.83. The van der Waals surface area contributed by atoms with Gasteiger partial charge in [0.25, 0.3) is 5.91 Å². The number of benzene rings is 1. The van der Waals surface area contributed by atoms with Gasteiger partial charge < -0.3 is 10.6 Å². The van der Waals surface area contributed by atoms with Crippen molar-refractivity contribution >= 4 is 17.2 Å². The van der Waals surface area contributed by atoms with E-state index < -0.39 is 0 Å². The van der Waals surface area contributed by atoms with Crippen molar-refractivity contribution in [3.8, 4) is 0 Å². The summed E-state index contributed by atoms with van der Waals surface area (Å²) in [6, 6.07) is 10.5. The molecule has 2 unspecified atom stereocenters. The van der Waals surface area contributed by atoms with Crippen molar-refractivity contribution in [2.45, 2.75) is 32.7 Å². The quantitative estimate of drug-likeness (QED) is 0.938. The van der Waals surface area contributed by atoms with Gasteiger partial charge in [0, 0.05) is 19.0 Å². The molecule has 3 rings (SSSR count). The number of rotatable bonds is 4. The van der Waals surface area contributed by atoms with Gasteiger partial charge >= 0.3 is 0 Å². The second kappa shape index (κ2) is 6.81. The van der Waals surface area contributed by atoms with E-state index in [0.717, 1.165) is 35.0 Å². The van der Waals surface area contributed by atoms with E-state index >= 15 is 0 Å². The van der Waals surface area contributed by atoms with Gasteiger partial charge in [0.05, 0.1) is 10.7 Å². The van der Waals surface area contributed by atoms with Crippen LogP contribution in [0.25, 0.3) is 0 Å². The SMILES string of the molecule is Cc1nc(Cc2ccccc2)sc1C(=O)N1CC(CN)CC1C. The molecule has 2 N–H and O–H groups in total. The third-order valence-corrected chi connectivity index (χ3v) is 5.63. The Morgan fingerprint density at radius 2 is 2.13 bits per heavy atom. The van der Waals surface area contributed by atoms with Crippen molar-refractivity contribution in [3.05, 3.63) is 51.5 Å². The molecule has 2 heterocycles. The molecule has 1 aromatic heterocycles. The summed E-state index contributed by atoms with van der Waals surface area (Å²) in [4.78, 5) is 20.2. The van der Waals surface area contributed by atoms with E-state index in [4.69, 9.17) is 5.73 Å². The van der Waals surface area contributed by atoms with E-state index in [9.17, 15) is 4.79 Å². The molecule has 2 aromatic rings.